The van der Waals surface area contributed by atoms with Crippen LogP contribution in [0.3, 0.4) is 0 Å². The summed E-state index contributed by atoms with van der Waals surface area (Å²) >= 11 is 0. The minimum absolute atomic E-state index is 0.0833. The predicted molar refractivity (Wildman–Crippen MR) is 284 cm³/mol. The van der Waals surface area contributed by atoms with Gasteiger partial charge in [-0.15, -0.1) is 0 Å². The molecule has 1 nitrogen and oxygen atoms in total. The zero-order chi connectivity index (χ0) is 45.8. The number of anilines is 3. The van der Waals surface area contributed by atoms with Gasteiger partial charge in [-0.1, -0.05) is 240 Å². The van der Waals surface area contributed by atoms with Crippen LogP contribution in [0.25, 0.3) is 55.6 Å². The summed E-state index contributed by atoms with van der Waals surface area (Å²) in [6.45, 7) is 9.48. The fourth-order valence-electron chi connectivity index (χ4n) is 12.7. The lowest BCUT2D eigenvalue weighted by atomic mass is 9.68. The standard InChI is InChI=1S/C67H51N/c1-65(2)54-33-16-11-28-48(54)53-43-44(41-42-56(53)65)47-27-14-19-38-60(47)68(61-39-20-15-29-49(61)50-32-21-36-58-63(50)51-30-12-17-34-55(51)66(58,3)4)62-40-22-37-59-64(62)52-31-13-18-35-57(52)67(59,45-23-7-5-8-24-45)46-25-9-6-10-26-46/h5-43H,1-4H3. The predicted octanol–water partition coefficient (Wildman–Crippen LogP) is 17.5. The van der Waals surface area contributed by atoms with Gasteiger partial charge in [0.2, 0.25) is 0 Å². The molecule has 1 heteroatoms. The summed E-state index contributed by atoms with van der Waals surface area (Å²) in [4.78, 5) is 2.60. The maximum absolute atomic E-state index is 2.60. The van der Waals surface area contributed by atoms with Crippen molar-refractivity contribution in [3.05, 3.63) is 281 Å². The van der Waals surface area contributed by atoms with Gasteiger partial charge in [-0.25, -0.2) is 0 Å². The summed E-state index contributed by atoms with van der Waals surface area (Å²) < 4.78 is 0. The molecule has 10 aromatic carbocycles. The van der Waals surface area contributed by atoms with Crippen molar-refractivity contribution in [2.24, 2.45) is 0 Å². The molecule has 324 valence electrons. The Labute approximate surface area is 400 Å². The van der Waals surface area contributed by atoms with E-state index in [-0.39, 0.29) is 10.8 Å². The van der Waals surface area contributed by atoms with E-state index in [1.165, 1.54) is 100 Å². The fourth-order valence-corrected chi connectivity index (χ4v) is 12.7. The zero-order valence-corrected chi connectivity index (χ0v) is 39.0. The van der Waals surface area contributed by atoms with Gasteiger partial charge in [-0.05, 0) is 108 Å². The first kappa shape index (κ1) is 40.3. The second-order valence-electron chi connectivity index (χ2n) is 19.9. The molecule has 0 spiro atoms. The maximum Gasteiger partial charge on any atom is 0.0714 e. The van der Waals surface area contributed by atoms with Gasteiger partial charge >= 0.3 is 0 Å². The third kappa shape index (κ3) is 5.57. The molecule has 10 aromatic rings. The van der Waals surface area contributed by atoms with Crippen molar-refractivity contribution in [3.8, 4) is 55.6 Å². The molecule has 3 aliphatic rings. The molecule has 0 aromatic heterocycles. The van der Waals surface area contributed by atoms with Crippen LogP contribution >= 0.6 is 0 Å². The number of hydrogen-bond donors (Lipinski definition) is 0. The molecule has 0 saturated heterocycles. The largest absolute Gasteiger partial charge is 0.309 e. The molecule has 3 aliphatic carbocycles. The van der Waals surface area contributed by atoms with E-state index in [9.17, 15) is 0 Å². The summed E-state index contributed by atoms with van der Waals surface area (Å²) in [6, 6.07) is 88.9. The number of hydrogen-bond acceptors (Lipinski definition) is 1. The normalized spacial score (nSPS) is 14.8. The molecule has 0 bridgehead atoms. The molecule has 0 amide bonds. The third-order valence-corrected chi connectivity index (χ3v) is 15.8. The van der Waals surface area contributed by atoms with E-state index in [4.69, 9.17) is 0 Å². The van der Waals surface area contributed by atoms with E-state index in [0.717, 1.165) is 17.1 Å². The quantitative estimate of drug-likeness (QED) is 0.154. The van der Waals surface area contributed by atoms with Crippen molar-refractivity contribution in [2.75, 3.05) is 4.90 Å². The average molecular weight is 870 g/mol. The topological polar surface area (TPSA) is 3.24 Å². The van der Waals surface area contributed by atoms with Crippen molar-refractivity contribution < 1.29 is 0 Å². The molecule has 0 N–H and O–H groups in total. The monoisotopic (exact) mass is 869 g/mol. The number of fused-ring (bicyclic) bond motifs is 9. The Hall–Kier alpha value is -8.00. The van der Waals surface area contributed by atoms with Crippen LogP contribution in [-0.4, -0.2) is 0 Å². The van der Waals surface area contributed by atoms with E-state index < -0.39 is 5.41 Å². The van der Waals surface area contributed by atoms with Crippen molar-refractivity contribution in [1.82, 2.24) is 0 Å². The van der Waals surface area contributed by atoms with Gasteiger partial charge < -0.3 is 4.90 Å². The van der Waals surface area contributed by atoms with Crippen molar-refractivity contribution >= 4 is 17.1 Å². The van der Waals surface area contributed by atoms with Crippen LogP contribution in [0.1, 0.15) is 72.2 Å². The van der Waals surface area contributed by atoms with E-state index in [1.54, 1.807) is 0 Å². The molecular formula is C67H51N. The third-order valence-electron chi connectivity index (χ3n) is 15.8. The number of para-hydroxylation sites is 2. The molecule has 0 saturated carbocycles. The van der Waals surface area contributed by atoms with Crippen LogP contribution in [-0.2, 0) is 16.2 Å². The summed E-state index contributed by atoms with van der Waals surface area (Å²) in [5.41, 5.74) is 25.8. The lowest BCUT2D eigenvalue weighted by Crippen LogP contribution is -2.28. The molecule has 68 heavy (non-hydrogen) atoms. The molecule has 0 atom stereocenters. The average Bonchev–Trinajstić information content (AvgIpc) is 3.92. The minimum Gasteiger partial charge on any atom is -0.309 e. The number of rotatable bonds is 7. The van der Waals surface area contributed by atoms with Crippen LogP contribution < -0.4 is 4.90 Å². The molecule has 13 rings (SSSR count). The molecule has 0 unspecified atom stereocenters. The number of benzene rings is 10. The van der Waals surface area contributed by atoms with Crippen LogP contribution in [0.5, 0.6) is 0 Å². The van der Waals surface area contributed by atoms with Gasteiger partial charge in [0.15, 0.2) is 0 Å². The maximum atomic E-state index is 2.60. The minimum atomic E-state index is -0.551. The van der Waals surface area contributed by atoms with Gasteiger partial charge in [0.1, 0.15) is 0 Å². The Morgan fingerprint density at radius 2 is 0.691 bits per heavy atom. The Morgan fingerprint density at radius 1 is 0.265 bits per heavy atom. The van der Waals surface area contributed by atoms with E-state index in [2.05, 4.69) is 269 Å². The van der Waals surface area contributed by atoms with Crippen molar-refractivity contribution in [3.63, 3.8) is 0 Å². The first-order valence-corrected chi connectivity index (χ1v) is 24.1. The first-order chi connectivity index (χ1) is 33.3. The molecule has 0 heterocycles. The fraction of sp³-hybridized carbons (Fsp3) is 0.104. The van der Waals surface area contributed by atoms with Crippen LogP contribution in [0.15, 0.2) is 237 Å². The van der Waals surface area contributed by atoms with Crippen molar-refractivity contribution in [2.45, 2.75) is 43.9 Å². The smallest absolute Gasteiger partial charge is 0.0714 e. The Balaban J connectivity index is 1.12. The Kier molecular flexibility index (Phi) is 8.89. The van der Waals surface area contributed by atoms with E-state index in [0.29, 0.717) is 0 Å². The Bertz CT molecular complexity index is 3590. The van der Waals surface area contributed by atoms with Gasteiger partial charge in [-0.2, -0.15) is 0 Å². The summed E-state index contributed by atoms with van der Waals surface area (Å²) in [6.07, 6.45) is 0. The highest BCUT2D eigenvalue weighted by molar-refractivity contribution is 6.04. The molecular weight excluding hydrogens is 819 g/mol. The molecule has 0 fully saturated rings. The van der Waals surface area contributed by atoms with Crippen LogP contribution in [0.4, 0.5) is 17.1 Å². The highest BCUT2D eigenvalue weighted by atomic mass is 15.2. The summed E-state index contributed by atoms with van der Waals surface area (Å²) in [5, 5.41) is 0. The molecule has 0 radical (unpaired) electrons. The second kappa shape index (κ2) is 15.0. The van der Waals surface area contributed by atoms with Gasteiger partial charge in [0.25, 0.3) is 0 Å². The SMILES string of the molecule is CC1(C)c2ccccc2-c2cc(-c3ccccc3N(c3ccccc3-c3cccc4c3-c3ccccc3C4(C)C)c3cccc4c3-c3ccccc3C4(c3ccccc3)c3ccccc3)ccc21. The Morgan fingerprint density at radius 3 is 1.37 bits per heavy atom. The highest BCUT2D eigenvalue weighted by Gasteiger charge is 2.48. The van der Waals surface area contributed by atoms with Gasteiger partial charge in [0, 0.05) is 27.5 Å². The summed E-state index contributed by atoms with van der Waals surface area (Å²) in [5.74, 6) is 0. The summed E-state index contributed by atoms with van der Waals surface area (Å²) in [7, 11) is 0. The number of nitrogens with zero attached hydrogens (tertiary/aromatic N) is 1. The first-order valence-electron chi connectivity index (χ1n) is 24.1. The molecule has 0 aliphatic heterocycles. The van der Waals surface area contributed by atoms with Crippen LogP contribution in [0, 0.1) is 0 Å². The zero-order valence-electron chi connectivity index (χ0n) is 39.0. The highest BCUT2D eigenvalue weighted by Crippen LogP contribution is 2.61. The van der Waals surface area contributed by atoms with E-state index in [1.807, 2.05) is 0 Å². The lowest BCUT2D eigenvalue weighted by molar-refractivity contribution is 0.660. The second-order valence-corrected chi connectivity index (χ2v) is 19.9. The van der Waals surface area contributed by atoms with Crippen molar-refractivity contribution in [1.29, 1.82) is 0 Å². The van der Waals surface area contributed by atoms with E-state index >= 15 is 0 Å². The van der Waals surface area contributed by atoms with Gasteiger partial charge in [0.05, 0.1) is 22.5 Å². The van der Waals surface area contributed by atoms with Gasteiger partial charge in [-0.3, -0.25) is 0 Å². The van der Waals surface area contributed by atoms with Crippen LogP contribution in [0.2, 0.25) is 0 Å². The lowest BCUT2D eigenvalue weighted by Gasteiger charge is -2.35.